The van der Waals surface area contributed by atoms with E-state index < -0.39 is 13.3 Å². The van der Waals surface area contributed by atoms with Crippen LogP contribution in [-0.2, 0) is 0 Å². The van der Waals surface area contributed by atoms with Crippen molar-refractivity contribution in [3.8, 4) is 11.3 Å². The van der Waals surface area contributed by atoms with E-state index in [1.54, 1.807) is 6.20 Å². The fourth-order valence-electron chi connectivity index (χ4n) is 2.95. The third kappa shape index (κ3) is 2.63. The van der Waals surface area contributed by atoms with Gasteiger partial charge in [-0.1, -0.05) is 0 Å². The van der Waals surface area contributed by atoms with Gasteiger partial charge in [0.25, 0.3) is 0 Å². The molecule has 0 saturated heterocycles. The summed E-state index contributed by atoms with van der Waals surface area (Å²) >= 11 is -1.82. The van der Waals surface area contributed by atoms with E-state index in [9.17, 15) is 0 Å². The molecule has 0 aliphatic carbocycles. The van der Waals surface area contributed by atoms with Crippen molar-refractivity contribution < 1.29 is 4.42 Å². The Bertz CT molecular complexity index is 1040. The van der Waals surface area contributed by atoms with Gasteiger partial charge in [0.2, 0.25) is 0 Å². The van der Waals surface area contributed by atoms with E-state index in [1.807, 2.05) is 13.0 Å². The third-order valence-electron chi connectivity index (χ3n) is 4.42. The Morgan fingerprint density at radius 1 is 0.833 bits per heavy atom. The van der Waals surface area contributed by atoms with E-state index in [0.717, 1.165) is 38.9 Å². The first-order valence-electron chi connectivity index (χ1n) is 8.18. The second-order valence-electron chi connectivity index (χ2n) is 7.32. The molecule has 0 atom stereocenters. The molecule has 3 aromatic heterocycles. The van der Waals surface area contributed by atoms with Crippen molar-refractivity contribution in [3.05, 3.63) is 54.5 Å². The number of rotatable bonds is 2. The molecule has 4 heteroatoms. The summed E-state index contributed by atoms with van der Waals surface area (Å²) in [6.45, 7) is 2.00. The van der Waals surface area contributed by atoms with Crippen molar-refractivity contribution in [2.75, 3.05) is 0 Å². The first-order chi connectivity index (χ1) is 11.4. The predicted octanol–water partition coefficient (Wildman–Crippen LogP) is 4.90. The Hall–Kier alpha value is -2.14. The molecule has 3 nitrogen and oxygen atoms in total. The average molecular weight is 377 g/mol. The van der Waals surface area contributed by atoms with E-state index >= 15 is 0 Å². The van der Waals surface area contributed by atoms with Crippen molar-refractivity contribution in [2.45, 2.75) is 24.2 Å². The molecule has 0 amide bonds. The molecule has 0 unspecified atom stereocenters. The number of furan rings is 1. The van der Waals surface area contributed by atoms with Crippen molar-refractivity contribution in [1.82, 2.24) is 9.97 Å². The normalized spacial score (nSPS) is 12.2. The van der Waals surface area contributed by atoms with Gasteiger partial charge in [-0.2, -0.15) is 0 Å². The van der Waals surface area contributed by atoms with E-state index in [-0.39, 0.29) is 0 Å². The predicted molar refractivity (Wildman–Crippen MR) is 102 cm³/mol. The summed E-state index contributed by atoms with van der Waals surface area (Å²) in [5, 5.41) is 2.23. The van der Waals surface area contributed by atoms with Gasteiger partial charge in [-0.25, -0.2) is 0 Å². The first-order valence-corrected chi connectivity index (χ1v) is 15.5. The zero-order valence-electron chi connectivity index (χ0n) is 14.4. The van der Waals surface area contributed by atoms with Crippen LogP contribution >= 0.6 is 0 Å². The van der Waals surface area contributed by atoms with E-state index in [1.165, 1.54) is 4.40 Å². The van der Waals surface area contributed by atoms with Crippen LogP contribution in [0.3, 0.4) is 0 Å². The van der Waals surface area contributed by atoms with Crippen molar-refractivity contribution in [2.24, 2.45) is 0 Å². The summed E-state index contributed by atoms with van der Waals surface area (Å²) in [5.74, 6) is 7.16. The molecule has 4 aromatic rings. The van der Waals surface area contributed by atoms with Gasteiger partial charge < -0.3 is 0 Å². The van der Waals surface area contributed by atoms with Crippen molar-refractivity contribution in [3.63, 3.8) is 0 Å². The minimum absolute atomic E-state index is 0.830. The van der Waals surface area contributed by atoms with Crippen LogP contribution in [0.2, 0.25) is 17.3 Å². The Labute approximate surface area is 144 Å². The van der Waals surface area contributed by atoms with Crippen LogP contribution in [-0.4, -0.2) is 23.2 Å². The van der Waals surface area contributed by atoms with Gasteiger partial charge in [0.15, 0.2) is 0 Å². The summed E-state index contributed by atoms with van der Waals surface area (Å²) < 4.78 is 7.31. The molecular weight excluding hydrogens is 357 g/mol. The number of aryl methyl sites for hydroxylation is 1. The molecule has 0 spiro atoms. The topological polar surface area (TPSA) is 38.9 Å². The Kier molecular flexibility index (Phi) is 3.50. The summed E-state index contributed by atoms with van der Waals surface area (Å²) in [5.41, 5.74) is 4.84. The van der Waals surface area contributed by atoms with Crippen LogP contribution in [0.15, 0.2) is 53.2 Å². The van der Waals surface area contributed by atoms with Crippen LogP contribution < -0.4 is 4.40 Å². The van der Waals surface area contributed by atoms with Crippen molar-refractivity contribution >= 4 is 39.6 Å². The van der Waals surface area contributed by atoms with Gasteiger partial charge in [0, 0.05) is 0 Å². The molecule has 1 aromatic carbocycles. The maximum absolute atomic E-state index is 5.89. The summed E-state index contributed by atoms with van der Waals surface area (Å²) in [7, 11) is 0. The summed E-state index contributed by atoms with van der Waals surface area (Å²) in [6.07, 6.45) is 3.86. The summed E-state index contributed by atoms with van der Waals surface area (Å²) in [6, 6.07) is 12.7. The molecule has 0 fully saturated rings. The van der Waals surface area contributed by atoms with E-state index in [0.29, 0.717) is 0 Å². The Morgan fingerprint density at radius 3 is 2.33 bits per heavy atom. The Balaban J connectivity index is 1.85. The molecule has 0 N–H and O–H groups in total. The fraction of sp³-hybridized carbons (Fsp3) is 0.200. The van der Waals surface area contributed by atoms with Gasteiger partial charge in [-0.3, -0.25) is 0 Å². The van der Waals surface area contributed by atoms with Crippen LogP contribution in [0.4, 0.5) is 0 Å². The molecule has 0 aliphatic rings. The van der Waals surface area contributed by atoms with Gasteiger partial charge in [-0.15, -0.1) is 0 Å². The van der Waals surface area contributed by atoms with Crippen LogP contribution in [0, 0.1) is 6.92 Å². The third-order valence-corrected chi connectivity index (χ3v) is 8.67. The number of hydrogen-bond acceptors (Lipinski definition) is 3. The van der Waals surface area contributed by atoms with Gasteiger partial charge in [-0.05, 0) is 0 Å². The quantitative estimate of drug-likeness (QED) is 0.467. The number of fused-ring (bicyclic) bond motifs is 3. The molecular formula is C20H20GeN2O. The first kappa shape index (κ1) is 15.4. The molecule has 4 rings (SSSR count). The number of aromatic nitrogens is 2. The molecule has 0 radical (unpaired) electrons. The van der Waals surface area contributed by atoms with Crippen LogP contribution in [0.25, 0.3) is 33.2 Å². The van der Waals surface area contributed by atoms with Gasteiger partial charge in [0.05, 0.1) is 0 Å². The molecule has 120 valence electrons. The second-order valence-corrected chi connectivity index (χ2v) is 18.0. The van der Waals surface area contributed by atoms with Crippen LogP contribution in [0.1, 0.15) is 5.69 Å². The van der Waals surface area contributed by atoms with Gasteiger partial charge >= 0.3 is 144 Å². The molecule has 24 heavy (non-hydrogen) atoms. The maximum atomic E-state index is 5.89. The molecule has 3 heterocycles. The number of pyridine rings is 2. The number of nitrogens with zero attached hydrogens (tertiary/aromatic N) is 2. The fourth-order valence-corrected chi connectivity index (χ4v) is 5.13. The standard InChI is InChI=1S/C20H20GeN2O/c1-13-9-16-17-10-14(5-8-19(17)24-20(16)12-22-13)18-7-6-15(11-23-18)21(2,3)4/h5-12H,1-4H3. The number of benzene rings is 1. The van der Waals surface area contributed by atoms with Crippen molar-refractivity contribution in [1.29, 1.82) is 0 Å². The average Bonchev–Trinajstić information content (AvgIpc) is 2.91. The second kappa shape index (κ2) is 5.45. The molecule has 0 saturated carbocycles. The SMILES string of the molecule is Cc1cc2c(cn1)oc1ccc(-c3cc[c]([Ge]([CH3])([CH3])[CH3])cn3)cc12. The number of hydrogen-bond donors (Lipinski definition) is 0. The van der Waals surface area contributed by atoms with Crippen LogP contribution in [0.5, 0.6) is 0 Å². The molecule has 0 aliphatic heterocycles. The van der Waals surface area contributed by atoms with Gasteiger partial charge in [0.1, 0.15) is 0 Å². The monoisotopic (exact) mass is 378 g/mol. The van der Waals surface area contributed by atoms with E-state index in [4.69, 9.17) is 9.40 Å². The minimum atomic E-state index is -1.82. The Morgan fingerprint density at radius 2 is 1.62 bits per heavy atom. The van der Waals surface area contributed by atoms with E-state index in [2.05, 4.69) is 58.8 Å². The summed E-state index contributed by atoms with van der Waals surface area (Å²) in [4.78, 5) is 9.02. The zero-order chi connectivity index (χ0) is 16.9. The molecule has 0 bridgehead atoms. The zero-order valence-corrected chi connectivity index (χ0v) is 16.5.